The van der Waals surface area contributed by atoms with Crippen molar-refractivity contribution in [2.75, 3.05) is 11.9 Å². The lowest BCUT2D eigenvalue weighted by atomic mass is 9.88. The van der Waals surface area contributed by atoms with Gasteiger partial charge in [-0.3, -0.25) is 0 Å². The Balaban J connectivity index is 1.38. The van der Waals surface area contributed by atoms with Crippen molar-refractivity contribution in [3.8, 4) is 11.5 Å². The van der Waals surface area contributed by atoms with E-state index in [9.17, 15) is 0 Å². The van der Waals surface area contributed by atoms with Crippen molar-refractivity contribution in [2.24, 2.45) is 0 Å². The summed E-state index contributed by atoms with van der Waals surface area (Å²) < 4.78 is 11.7. The van der Waals surface area contributed by atoms with Crippen LogP contribution in [0, 0.1) is 0 Å². The van der Waals surface area contributed by atoms with Gasteiger partial charge in [-0.05, 0) is 99.6 Å². The first-order valence-electron chi connectivity index (χ1n) is 11.3. The highest BCUT2D eigenvalue weighted by Gasteiger charge is 2.36. The third-order valence-corrected chi connectivity index (χ3v) is 6.45. The molecule has 2 aromatic carbocycles. The smallest absolute Gasteiger partial charge is 0.171 e. The predicted molar refractivity (Wildman–Crippen MR) is 126 cm³/mol. The van der Waals surface area contributed by atoms with Crippen molar-refractivity contribution in [3.05, 3.63) is 54.1 Å². The van der Waals surface area contributed by atoms with Crippen LogP contribution >= 0.6 is 12.2 Å². The van der Waals surface area contributed by atoms with Gasteiger partial charge < -0.3 is 20.1 Å². The van der Waals surface area contributed by atoms with E-state index in [4.69, 9.17) is 21.7 Å². The molecule has 0 amide bonds. The SMILES string of the molecule is CCOc1ccc(C2(NC(=S)Nc3ccc(OC4CCCC4)cc3)CCCC2)cc1. The van der Waals surface area contributed by atoms with Gasteiger partial charge in [0.15, 0.2) is 5.11 Å². The molecule has 2 saturated carbocycles. The average molecular weight is 425 g/mol. The number of anilines is 1. The van der Waals surface area contributed by atoms with Crippen molar-refractivity contribution in [2.45, 2.75) is 69.9 Å². The Kier molecular flexibility index (Phi) is 6.78. The summed E-state index contributed by atoms with van der Waals surface area (Å²) in [5.41, 5.74) is 2.14. The van der Waals surface area contributed by atoms with Gasteiger partial charge >= 0.3 is 0 Å². The minimum Gasteiger partial charge on any atom is -0.494 e. The van der Waals surface area contributed by atoms with Gasteiger partial charge in [0.1, 0.15) is 11.5 Å². The van der Waals surface area contributed by atoms with E-state index in [0.29, 0.717) is 17.8 Å². The van der Waals surface area contributed by atoms with Crippen molar-refractivity contribution in [1.82, 2.24) is 5.32 Å². The molecule has 2 fully saturated rings. The summed E-state index contributed by atoms with van der Waals surface area (Å²) in [4.78, 5) is 0. The molecule has 160 valence electrons. The van der Waals surface area contributed by atoms with Crippen LogP contribution in [-0.2, 0) is 5.54 Å². The van der Waals surface area contributed by atoms with Gasteiger partial charge in [-0.2, -0.15) is 0 Å². The number of hydrogen-bond acceptors (Lipinski definition) is 3. The highest BCUT2D eigenvalue weighted by Crippen LogP contribution is 2.39. The summed E-state index contributed by atoms with van der Waals surface area (Å²) in [6.45, 7) is 2.69. The van der Waals surface area contributed by atoms with Crippen LogP contribution in [0.25, 0.3) is 0 Å². The Labute approximate surface area is 185 Å². The zero-order valence-electron chi connectivity index (χ0n) is 17.8. The minimum absolute atomic E-state index is 0.111. The number of ether oxygens (including phenoxy) is 2. The van der Waals surface area contributed by atoms with Crippen LogP contribution in [0.2, 0.25) is 0 Å². The fourth-order valence-corrected chi connectivity index (χ4v) is 5.01. The number of nitrogens with one attached hydrogen (secondary N) is 2. The molecule has 0 atom stereocenters. The number of benzene rings is 2. The molecule has 2 aliphatic rings. The Bertz CT molecular complexity index is 823. The van der Waals surface area contributed by atoms with E-state index in [2.05, 4.69) is 34.9 Å². The van der Waals surface area contributed by atoms with Crippen LogP contribution in [0.3, 0.4) is 0 Å². The Hall–Kier alpha value is -2.27. The number of rotatable bonds is 7. The fraction of sp³-hybridized carbons (Fsp3) is 0.480. The molecule has 30 heavy (non-hydrogen) atoms. The molecule has 0 spiro atoms. The third kappa shape index (κ3) is 5.07. The Morgan fingerprint density at radius 2 is 1.57 bits per heavy atom. The zero-order valence-corrected chi connectivity index (χ0v) is 18.6. The maximum Gasteiger partial charge on any atom is 0.171 e. The topological polar surface area (TPSA) is 42.5 Å². The van der Waals surface area contributed by atoms with Gasteiger partial charge in [-0.1, -0.05) is 25.0 Å². The highest BCUT2D eigenvalue weighted by atomic mass is 32.1. The Morgan fingerprint density at radius 1 is 0.933 bits per heavy atom. The number of hydrogen-bond donors (Lipinski definition) is 2. The maximum atomic E-state index is 6.06. The van der Waals surface area contributed by atoms with Gasteiger partial charge in [-0.25, -0.2) is 0 Å². The minimum atomic E-state index is -0.111. The zero-order chi connectivity index (χ0) is 20.8. The lowest BCUT2D eigenvalue weighted by Crippen LogP contribution is -2.45. The first-order valence-corrected chi connectivity index (χ1v) is 11.7. The normalized spacial score (nSPS) is 18.2. The molecule has 0 aromatic heterocycles. The molecule has 0 bridgehead atoms. The highest BCUT2D eigenvalue weighted by molar-refractivity contribution is 7.80. The van der Waals surface area contributed by atoms with Gasteiger partial charge in [-0.15, -0.1) is 0 Å². The first kappa shape index (κ1) is 21.0. The lowest BCUT2D eigenvalue weighted by Gasteiger charge is -2.32. The van der Waals surface area contributed by atoms with E-state index < -0.39 is 0 Å². The van der Waals surface area contributed by atoms with Crippen molar-refractivity contribution in [1.29, 1.82) is 0 Å². The average Bonchev–Trinajstić information content (AvgIpc) is 3.43. The largest absolute Gasteiger partial charge is 0.494 e. The summed E-state index contributed by atoms with van der Waals surface area (Å²) in [6.07, 6.45) is 9.84. The lowest BCUT2D eigenvalue weighted by molar-refractivity contribution is 0.210. The van der Waals surface area contributed by atoms with Crippen LogP contribution in [-0.4, -0.2) is 17.8 Å². The molecular weight excluding hydrogens is 392 g/mol. The molecular formula is C25H32N2O2S. The second-order valence-corrected chi connectivity index (χ2v) is 8.78. The third-order valence-electron chi connectivity index (χ3n) is 6.24. The van der Waals surface area contributed by atoms with Gasteiger partial charge in [0.2, 0.25) is 0 Å². The van der Waals surface area contributed by atoms with E-state index in [0.717, 1.165) is 30.0 Å². The quantitative estimate of drug-likeness (QED) is 0.521. The van der Waals surface area contributed by atoms with Crippen molar-refractivity contribution in [3.63, 3.8) is 0 Å². The maximum absolute atomic E-state index is 6.06. The van der Waals surface area contributed by atoms with E-state index >= 15 is 0 Å². The molecule has 4 nitrogen and oxygen atoms in total. The fourth-order valence-electron chi connectivity index (χ4n) is 4.70. The van der Waals surface area contributed by atoms with E-state index in [1.807, 2.05) is 31.2 Å². The van der Waals surface area contributed by atoms with Gasteiger partial charge in [0, 0.05) is 5.69 Å². The van der Waals surface area contributed by atoms with Crippen molar-refractivity contribution < 1.29 is 9.47 Å². The van der Waals surface area contributed by atoms with Gasteiger partial charge in [0.05, 0.1) is 18.2 Å². The standard InChI is InChI=1S/C25H32N2O2S/c1-2-28-21-13-9-19(10-14-21)25(17-5-6-18-25)27-24(30)26-20-11-15-23(16-12-20)29-22-7-3-4-8-22/h9-16,22H,2-8,17-18H2,1H3,(H2,26,27,30). The second kappa shape index (κ2) is 9.69. The van der Waals surface area contributed by atoms with E-state index in [1.54, 1.807) is 0 Å². The first-order chi connectivity index (χ1) is 14.7. The van der Waals surface area contributed by atoms with Crippen LogP contribution < -0.4 is 20.1 Å². The Morgan fingerprint density at radius 3 is 2.20 bits per heavy atom. The molecule has 2 aromatic rings. The van der Waals surface area contributed by atoms with E-state index in [-0.39, 0.29) is 5.54 Å². The van der Waals surface area contributed by atoms with Crippen LogP contribution in [0.15, 0.2) is 48.5 Å². The molecule has 4 rings (SSSR count). The molecule has 2 aliphatic carbocycles. The molecule has 2 N–H and O–H groups in total. The summed E-state index contributed by atoms with van der Waals surface area (Å²) in [6, 6.07) is 16.6. The summed E-state index contributed by atoms with van der Waals surface area (Å²) in [5.74, 6) is 1.85. The van der Waals surface area contributed by atoms with Crippen LogP contribution in [0.1, 0.15) is 63.9 Å². The molecule has 5 heteroatoms. The van der Waals surface area contributed by atoms with E-state index in [1.165, 1.54) is 44.1 Å². The molecule has 0 radical (unpaired) electrons. The predicted octanol–water partition coefficient (Wildman–Crippen LogP) is 6.16. The number of thiocarbonyl (C=S) groups is 1. The van der Waals surface area contributed by atoms with Gasteiger partial charge in [0.25, 0.3) is 0 Å². The summed E-state index contributed by atoms with van der Waals surface area (Å²) in [7, 11) is 0. The molecule has 0 saturated heterocycles. The summed E-state index contributed by atoms with van der Waals surface area (Å²) in [5, 5.41) is 7.65. The molecule has 0 aliphatic heterocycles. The van der Waals surface area contributed by atoms with Crippen LogP contribution in [0.5, 0.6) is 11.5 Å². The van der Waals surface area contributed by atoms with Crippen molar-refractivity contribution >= 4 is 23.0 Å². The monoisotopic (exact) mass is 424 g/mol. The molecule has 0 unspecified atom stereocenters. The molecule has 0 heterocycles. The summed E-state index contributed by atoms with van der Waals surface area (Å²) >= 11 is 5.68. The van der Waals surface area contributed by atoms with Crippen LogP contribution in [0.4, 0.5) is 5.69 Å². The second-order valence-electron chi connectivity index (χ2n) is 8.37.